The highest BCUT2D eigenvalue weighted by Gasteiger charge is 2.25. The van der Waals surface area contributed by atoms with E-state index in [4.69, 9.17) is 4.74 Å². The van der Waals surface area contributed by atoms with E-state index in [1.807, 2.05) is 0 Å². The van der Waals surface area contributed by atoms with Gasteiger partial charge in [-0.25, -0.2) is 5.01 Å². The van der Waals surface area contributed by atoms with Gasteiger partial charge < -0.3 is 9.64 Å². The Hall–Kier alpha value is -0.160. The van der Waals surface area contributed by atoms with Crippen LogP contribution in [0.5, 0.6) is 0 Å². The standard InChI is InChI=1S/C13H27N3O/c1-3-15-6-4-5-13(11-15)12(2)14-16-7-9-17-10-8-16/h12-14H,3-11H2,1-2H3. The van der Waals surface area contributed by atoms with Gasteiger partial charge in [-0.1, -0.05) is 6.92 Å². The number of hydrogen-bond donors (Lipinski definition) is 1. The molecule has 17 heavy (non-hydrogen) atoms. The van der Waals surface area contributed by atoms with Gasteiger partial charge in [-0.15, -0.1) is 0 Å². The maximum Gasteiger partial charge on any atom is 0.0608 e. The van der Waals surface area contributed by atoms with Crippen LogP contribution in [0.25, 0.3) is 0 Å². The van der Waals surface area contributed by atoms with Crippen molar-refractivity contribution in [1.82, 2.24) is 15.3 Å². The molecule has 0 radical (unpaired) electrons. The number of ether oxygens (including phenoxy) is 1. The molecule has 4 heteroatoms. The maximum atomic E-state index is 5.37. The number of rotatable bonds is 4. The zero-order valence-electron chi connectivity index (χ0n) is 11.3. The van der Waals surface area contributed by atoms with E-state index in [1.165, 1.54) is 32.5 Å². The number of likely N-dealkylation sites (tertiary alicyclic amines) is 1. The highest BCUT2D eigenvalue weighted by atomic mass is 16.5. The molecule has 0 amide bonds. The smallest absolute Gasteiger partial charge is 0.0608 e. The van der Waals surface area contributed by atoms with Crippen molar-refractivity contribution in [2.24, 2.45) is 5.92 Å². The summed E-state index contributed by atoms with van der Waals surface area (Å²) in [7, 11) is 0. The fraction of sp³-hybridized carbons (Fsp3) is 1.00. The molecule has 100 valence electrons. The van der Waals surface area contributed by atoms with E-state index in [2.05, 4.69) is 29.2 Å². The molecule has 0 aromatic carbocycles. The third kappa shape index (κ3) is 3.91. The number of nitrogens with one attached hydrogen (secondary N) is 1. The Morgan fingerprint density at radius 2 is 2.06 bits per heavy atom. The lowest BCUT2D eigenvalue weighted by Crippen LogP contribution is -2.53. The maximum absolute atomic E-state index is 5.37. The quantitative estimate of drug-likeness (QED) is 0.793. The van der Waals surface area contributed by atoms with E-state index in [9.17, 15) is 0 Å². The summed E-state index contributed by atoms with van der Waals surface area (Å²) in [5.41, 5.74) is 3.66. The molecule has 0 aromatic rings. The summed E-state index contributed by atoms with van der Waals surface area (Å²) >= 11 is 0. The average Bonchev–Trinajstić information content (AvgIpc) is 2.40. The molecule has 2 heterocycles. The molecule has 2 aliphatic rings. The van der Waals surface area contributed by atoms with E-state index in [0.29, 0.717) is 6.04 Å². The molecule has 2 saturated heterocycles. The van der Waals surface area contributed by atoms with Crippen LogP contribution in [0.1, 0.15) is 26.7 Å². The molecule has 2 rings (SSSR count). The van der Waals surface area contributed by atoms with Gasteiger partial charge in [0.05, 0.1) is 13.2 Å². The third-order valence-electron chi connectivity index (χ3n) is 4.09. The monoisotopic (exact) mass is 241 g/mol. The largest absolute Gasteiger partial charge is 0.379 e. The van der Waals surface area contributed by atoms with Gasteiger partial charge in [0, 0.05) is 25.7 Å². The summed E-state index contributed by atoms with van der Waals surface area (Å²) in [4.78, 5) is 2.58. The molecule has 0 aromatic heterocycles. The van der Waals surface area contributed by atoms with Gasteiger partial charge in [-0.3, -0.25) is 5.43 Å². The van der Waals surface area contributed by atoms with Gasteiger partial charge in [0.15, 0.2) is 0 Å². The molecule has 2 unspecified atom stereocenters. The minimum absolute atomic E-state index is 0.586. The van der Waals surface area contributed by atoms with Crippen molar-refractivity contribution in [2.75, 3.05) is 45.9 Å². The van der Waals surface area contributed by atoms with Crippen molar-refractivity contribution in [2.45, 2.75) is 32.7 Å². The molecular weight excluding hydrogens is 214 g/mol. The molecule has 0 aliphatic carbocycles. The number of hydrazine groups is 1. The van der Waals surface area contributed by atoms with Gasteiger partial charge >= 0.3 is 0 Å². The summed E-state index contributed by atoms with van der Waals surface area (Å²) in [5, 5.41) is 2.33. The lowest BCUT2D eigenvalue weighted by molar-refractivity contribution is -0.00455. The minimum Gasteiger partial charge on any atom is -0.379 e. The first kappa shape index (κ1) is 13.3. The Balaban J connectivity index is 1.75. The van der Waals surface area contributed by atoms with Crippen molar-refractivity contribution >= 4 is 0 Å². The second-order valence-corrected chi connectivity index (χ2v) is 5.31. The van der Waals surface area contributed by atoms with Gasteiger partial charge in [-0.05, 0) is 38.8 Å². The molecule has 1 N–H and O–H groups in total. The Bertz CT molecular complexity index is 219. The fourth-order valence-electron chi connectivity index (χ4n) is 2.87. The normalized spacial score (nSPS) is 30.4. The van der Waals surface area contributed by atoms with Crippen LogP contribution in [0.15, 0.2) is 0 Å². The first-order chi connectivity index (χ1) is 8.29. The Morgan fingerprint density at radius 1 is 1.29 bits per heavy atom. The first-order valence-corrected chi connectivity index (χ1v) is 7.11. The predicted octanol–water partition coefficient (Wildman–Crippen LogP) is 0.944. The predicted molar refractivity (Wildman–Crippen MR) is 69.8 cm³/mol. The van der Waals surface area contributed by atoms with Crippen LogP contribution in [0, 0.1) is 5.92 Å². The van der Waals surface area contributed by atoms with E-state index in [1.54, 1.807) is 0 Å². The highest BCUT2D eigenvalue weighted by Crippen LogP contribution is 2.19. The lowest BCUT2D eigenvalue weighted by atomic mass is 9.92. The lowest BCUT2D eigenvalue weighted by Gasteiger charge is -2.38. The highest BCUT2D eigenvalue weighted by molar-refractivity contribution is 4.79. The minimum atomic E-state index is 0.586. The first-order valence-electron chi connectivity index (χ1n) is 7.11. The molecule has 2 fully saturated rings. The topological polar surface area (TPSA) is 27.7 Å². The van der Waals surface area contributed by atoms with Gasteiger partial charge in [0.1, 0.15) is 0 Å². The summed E-state index contributed by atoms with van der Waals surface area (Å²) in [6.45, 7) is 12.1. The Kier molecular flexibility index (Phi) is 5.22. The number of nitrogens with zero attached hydrogens (tertiary/aromatic N) is 2. The zero-order valence-corrected chi connectivity index (χ0v) is 11.3. The molecule has 4 nitrogen and oxygen atoms in total. The van der Waals surface area contributed by atoms with Crippen LogP contribution in [0.3, 0.4) is 0 Å². The molecule has 0 bridgehead atoms. The SMILES string of the molecule is CCN1CCCC(C(C)NN2CCOCC2)C1. The number of hydrogen-bond acceptors (Lipinski definition) is 4. The zero-order chi connectivity index (χ0) is 12.1. The molecular formula is C13H27N3O. The van der Waals surface area contributed by atoms with E-state index in [0.717, 1.165) is 32.2 Å². The van der Waals surface area contributed by atoms with Gasteiger partial charge in [-0.2, -0.15) is 0 Å². The third-order valence-corrected chi connectivity index (χ3v) is 4.09. The van der Waals surface area contributed by atoms with Crippen molar-refractivity contribution in [3.8, 4) is 0 Å². The van der Waals surface area contributed by atoms with Crippen LogP contribution in [0.2, 0.25) is 0 Å². The van der Waals surface area contributed by atoms with Crippen molar-refractivity contribution < 1.29 is 4.74 Å². The van der Waals surface area contributed by atoms with E-state index < -0.39 is 0 Å². The number of morpholine rings is 1. The van der Waals surface area contributed by atoms with E-state index in [-0.39, 0.29) is 0 Å². The Morgan fingerprint density at radius 3 is 2.76 bits per heavy atom. The van der Waals surface area contributed by atoms with Gasteiger partial charge in [0.2, 0.25) is 0 Å². The van der Waals surface area contributed by atoms with Crippen LogP contribution in [-0.2, 0) is 4.74 Å². The molecule has 0 saturated carbocycles. The summed E-state index contributed by atoms with van der Waals surface area (Å²) in [6, 6.07) is 0.586. The van der Waals surface area contributed by atoms with Gasteiger partial charge in [0.25, 0.3) is 0 Å². The fourth-order valence-corrected chi connectivity index (χ4v) is 2.87. The Labute approximate surface area is 105 Å². The van der Waals surface area contributed by atoms with Crippen molar-refractivity contribution in [1.29, 1.82) is 0 Å². The van der Waals surface area contributed by atoms with Crippen molar-refractivity contribution in [3.63, 3.8) is 0 Å². The molecule has 0 spiro atoms. The van der Waals surface area contributed by atoms with Crippen LogP contribution in [0.4, 0.5) is 0 Å². The second-order valence-electron chi connectivity index (χ2n) is 5.31. The average molecular weight is 241 g/mol. The van der Waals surface area contributed by atoms with Crippen molar-refractivity contribution in [3.05, 3.63) is 0 Å². The van der Waals surface area contributed by atoms with Crippen LogP contribution >= 0.6 is 0 Å². The van der Waals surface area contributed by atoms with Crippen LogP contribution in [-0.4, -0.2) is 61.9 Å². The number of piperidine rings is 1. The summed E-state index contributed by atoms with van der Waals surface area (Å²) < 4.78 is 5.37. The van der Waals surface area contributed by atoms with E-state index >= 15 is 0 Å². The molecule has 2 atom stereocenters. The summed E-state index contributed by atoms with van der Waals surface area (Å²) in [5.74, 6) is 0.798. The second kappa shape index (κ2) is 6.69. The van der Waals surface area contributed by atoms with Crippen LogP contribution < -0.4 is 5.43 Å². The molecule has 2 aliphatic heterocycles. The summed E-state index contributed by atoms with van der Waals surface area (Å²) in [6.07, 6.45) is 2.72.